The van der Waals surface area contributed by atoms with Crippen molar-refractivity contribution in [1.82, 2.24) is 10.2 Å². The van der Waals surface area contributed by atoms with E-state index in [1.165, 1.54) is 15.6 Å². The molecule has 2 rings (SSSR count). The summed E-state index contributed by atoms with van der Waals surface area (Å²) in [4.78, 5) is 12.9. The maximum Gasteiger partial charge on any atom is 0.250 e. The van der Waals surface area contributed by atoms with Crippen LogP contribution in [0.4, 0.5) is 10.8 Å². The number of carbonyl (C=O) groups excluding carboxylic acids is 1. The van der Waals surface area contributed by atoms with Crippen LogP contribution in [-0.2, 0) is 14.8 Å². The molecule has 28 heavy (non-hydrogen) atoms. The number of sulfonamides is 1. The molecule has 0 saturated heterocycles. The average molecular weight is 443 g/mol. The lowest BCUT2D eigenvalue weighted by Gasteiger charge is -2.30. The number of benzene rings is 1. The quantitative estimate of drug-likeness (QED) is 0.469. The predicted molar refractivity (Wildman–Crippen MR) is 117 cm³/mol. The zero-order valence-corrected chi connectivity index (χ0v) is 19.1. The second-order valence-corrected chi connectivity index (χ2v) is 11.0. The van der Waals surface area contributed by atoms with Crippen molar-refractivity contribution in [3.63, 3.8) is 0 Å². The number of amides is 1. The number of aromatic nitrogens is 2. The fourth-order valence-corrected chi connectivity index (χ4v) is 5.51. The SMILES string of the molecule is CCC(C(=O)Nc1nnc(SCC(C)C)s1)N(c1cccc(C)c1)S(C)(=O)=O. The minimum absolute atomic E-state index is 0.320. The molecule has 0 aliphatic rings. The summed E-state index contributed by atoms with van der Waals surface area (Å²) in [6.45, 7) is 7.89. The number of nitrogens with one attached hydrogen (secondary N) is 1. The molecule has 0 radical (unpaired) electrons. The Labute approximate surface area is 175 Å². The van der Waals surface area contributed by atoms with Gasteiger partial charge in [0.25, 0.3) is 0 Å². The molecule has 154 valence electrons. The molecule has 0 fully saturated rings. The Morgan fingerprint density at radius 1 is 1.32 bits per heavy atom. The monoisotopic (exact) mass is 442 g/mol. The van der Waals surface area contributed by atoms with Crippen LogP contribution in [0.5, 0.6) is 0 Å². The lowest BCUT2D eigenvalue weighted by atomic mass is 10.1. The topological polar surface area (TPSA) is 92.3 Å². The number of anilines is 2. The fraction of sp³-hybridized carbons (Fsp3) is 0.500. The van der Waals surface area contributed by atoms with E-state index in [1.807, 2.05) is 13.0 Å². The van der Waals surface area contributed by atoms with Gasteiger partial charge in [0.15, 0.2) is 4.34 Å². The molecule has 0 aliphatic heterocycles. The Balaban J connectivity index is 2.22. The third-order valence-electron chi connectivity index (χ3n) is 3.76. The smallest absolute Gasteiger partial charge is 0.250 e. The number of aryl methyl sites for hydroxylation is 1. The van der Waals surface area contributed by atoms with E-state index in [0.29, 0.717) is 23.2 Å². The molecular formula is C18H26N4O3S3. The van der Waals surface area contributed by atoms with Crippen LogP contribution in [0.2, 0.25) is 0 Å². The molecule has 1 aromatic heterocycles. The summed E-state index contributed by atoms with van der Waals surface area (Å²) in [5.74, 6) is 1.01. The van der Waals surface area contributed by atoms with Gasteiger partial charge in [0.1, 0.15) is 6.04 Å². The summed E-state index contributed by atoms with van der Waals surface area (Å²) in [5, 5.41) is 11.2. The Bertz CT molecular complexity index is 912. The molecule has 1 heterocycles. The third-order valence-corrected chi connectivity index (χ3v) is 7.34. The highest BCUT2D eigenvalue weighted by Gasteiger charge is 2.32. The van der Waals surface area contributed by atoms with Gasteiger partial charge in [0.2, 0.25) is 21.1 Å². The van der Waals surface area contributed by atoms with Gasteiger partial charge >= 0.3 is 0 Å². The lowest BCUT2D eigenvalue weighted by Crippen LogP contribution is -2.47. The van der Waals surface area contributed by atoms with Gasteiger partial charge in [-0.25, -0.2) is 8.42 Å². The van der Waals surface area contributed by atoms with Crippen molar-refractivity contribution < 1.29 is 13.2 Å². The van der Waals surface area contributed by atoms with Gasteiger partial charge < -0.3 is 0 Å². The summed E-state index contributed by atoms with van der Waals surface area (Å²) in [5.41, 5.74) is 1.38. The van der Waals surface area contributed by atoms with Crippen molar-refractivity contribution in [1.29, 1.82) is 0 Å². The summed E-state index contributed by atoms with van der Waals surface area (Å²) in [6.07, 6.45) is 1.43. The van der Waals surface area contributed by atoms with Crippen molar-refractivity contribution in [3.05, 3.63) is 29.8 Å². The van der Waals surface area contributed by atoms with E-state index >= 15 is 0 Å². The van der Waals surface area contributed by atoms with Crippen LogP contribution in [0.15, 0.2) is 28.6 Å². The first kappa shape index (κ1) is 22.6. The van der Waals surface area contributed by atoms with Crippen molar-refractivity contribution >= 4 is 49.8 Å². The van der Waals surface area contributed by atoms with E-state index in [1.54, 1.807) is 36.9 Å². The number of nitrogens with zero attached hydrogens (tertiary/aromatic N) is 3. The maximum absolute atomic E-state index is 12.9. The van der Waals surface area contributed by atoms with Crippen LogP contribution in [0.1, 0.15) is 32.8 Å². The number of carbonyl (C=O) groups is 1. The van der Waals surface area contributed by atoms with Gasteiger partial charge in [0, 0.05) is 5.75 Å². The minimum Gasteiger partial charge on any atom is -0.299 e. The van der Waals surface area contributed by atoms with E-state index in [0.717, 1.165) is 21.9 Å². The molecule has 1 atom stereocenters. The molecule has 1 N–H and O–H groups in total. The summed E-state index contributed by atoms with van der Waals surface area (Å²) in [7, 11) is -3.66. The number of hydrogen-bond donors (Lipinski definition) is 1. The van der Waals surface area contributed by atoms with Gasteiger partial charge in [-0.1, -0.05) is 56.0 Å². The molecule has 0 saturated carbocycles. The highest BCUT2D eigenvalue weighted by Crippen LogP contribution is 2.28. The van der Waals surface area contributed by atoms with E-state index in [2.05, 4.69) is 29.4 Å². The lowest BCUT2D eigenvalue weighted by molar-refractivity contribution is -0.117. The molecule has 0 bridgehead atoms. The molecule has 0 spiro atoms. The molecule has 10 heteroatoms. The average Bonchev–Trinajstić information content (AvgIpc) is 3.03. The molecule has 1 unspecified atom stereocenters. The second-order valence-electron chi connectivity index (χ2n) is 6.89. The van der Waals surface area contributed by atoms with Crippen LogP contribution < -0.4 is 9.62 Å². The molecule has 7 nitrogen and oxygen atoms in total. The van der Waals surface area contributed by atoms with Crippen molar-refractivity contribution in [3.8, 4) is 0 Å². The van der Waals surface area contributed by atoms with Gasteiger partial charge in [-0.15, -0.1) is 10.2 Å². The third kappa shape index (κ3) is 6.18. The first-order chi connectivity index (χ1) is 13.1. The number of thioether (sulfide) groups is 1. The molecule has 1 aromatic carbocycles. The van der Waals surface area contributed by atoms with Gasteiger partial charge in [-0.05, 0) is 37.0 Å². The van der Waals surface area contributed by atoms with E-state index in [4.69, 9.17) is 0 Å². The molecular weight excluding hydrogens is 416 g/mol. The Kier molecular flexibility index (Phi) is 7.85. The van der Waals surface area contributed by atoms with Crippen LogP contribution in [0, 0.1) is 12.8 Å². The Hall–Kier alpha value is -1.65. The molecule has 0 aliphatic carbocycles. The standard InChI is InChI=1S/C18H26N4O3S3/c1-6-15(22(28(5,24)25)14-9-7-8-13(4)10-14)16(23)19-17-20-21-18(27-17)26-11-12(2)3/h7-10,12,15H,6,11H2,1-5H3,(H,19,20,23). The number of rotatable bonds is 9. The fourth-order valence-electron chi connectivity index (χ4n) is 2.57. The Morgan fingerprint density at radius 2 is 2.04 bits per heavy atom. The van der Waals surface area contributed by atoms with Crippen molar-refractivity contribution in [2.45, 2.75) is 44.5 Å². The van der Waals surface area contributed by atoms with Gasteiger partial charge in [0.05, 0.1) is 11.9 Å². The summed E-state index contributed by atoms with van der Waals surface area (Å²) < 4.78 is 26.9. The minimum atomic E-state index is -3.66. The second kappa shape index (κ2) is 9.71. The summed E-state index contributed by atoms with van der Waals surface area (Å²) >= 11 is 2.88. The predicted octanol–water partition coefficient (Wildman–Crippen LogP) is 3.78. The normalized spacial score (nSPS) is 12.8. The molecule has 1 amide bonds. The zero-order valence-electron chi connectivity index (χ0n) is 16.7. The van der Waals surface area contributed by atoms with Crippen molar-refractivity contribution in [2.75, 3.05) is 21.6 Å². The summed E-state index contributed by atoms with van der Waals surface area (Å²) in [6, 6.07) is 6.21. The van der Waals surface area contributed by atoms with Crippen molar-refractivity contribution in [2.24, 2.45) is 5.92 Å². The van der Waals surface area contributed by atoms with Gasteiger partial charge in [-0.3, -0.25) is 14.4 Å². The zero-order chi connectivity index (χ0) is 20.9. The van der Waals surface area contributed by atoms with E-state index < -0.39 is 22.0 Å². The van der Waals surface area contributed by atoms with Crippen LogP contribution >= 0.6 is 23.1 Å². The number of hydrogen-bond acceptors (Lipinski definition) is 7. The first-order valence-electron chi connectivity index (χ1n) is 8.95. The Morgan fingerprint density at radius 3 is 2.61 bits per heavy atom. The largest absolute Gasteiger partial charge is 0.299 e. The van der Waals surface area contributed by atoms with Crippen LogP contribution in [-0.4, -0.2) is 42.6 Å². The van der Waals surface area contributed by atoms with E-state index in [9.17, 15) is 13.2 Å². The maximum atomic E-state index is 12.9. The molecule has 2 aromatic rings. The highest BCUT2D eigenvalue weighted by molar-refractivity contribution is 8.01. The van der Waals surface area contributed by atoms with Crippen LogP contribution in [0.3, 0.4) is 0 Å². The highest BCUT2D eigenvalue weighted by atomic mass is 32.2. The van der Waals surface area contributed by atoms with Crippen LogP contribution in [0.25, 0.3) is 0 Å². The van der Waals surface area contributed by atoms with Gasteiger partial charge in [-0.2, -0.15) is 0 Å². The van der Waals surface area contributed by atoms with E-state index in [-0.39, 0.29) is 0 Å². The first-order valence-corrected chi connectivity index (χ1v) is 12.6.